The van der Waals surface area contributed by atoms with Crippen molar-refractivity contribution in [3.63, 3.8) is 0 Å². The maximum absolute atomic E-state index is 11.8. The van der Waals surface area contributed by atoms with Crippen LogP contribution in [-0.2, 0) is 30.1 Å². The van der Waals surface area contributed by atoms with E-state index in [-0.39, 0.29) is 29.6 Å². The lowest BCUT2D eigenvalue weighted by molar-refractivity contribution is -0.0487. The summed E-state index contributed by atoms with van der Waals surface area (Å²) < 4.78 is 47.0. The molecule has 8 heteroatoms. The van der Waals surface area contributed by atoms with Crippen LogP contribution in [0.25, 0.3) is 0 Å². The Morgan fingerprint density at radius 3 is 2.26 bits per heavy atom. The number of rotatable bonds is 17. The minimum absolute atomic E-state index is 0.0780. The predicted molar refractivity (Wildman–Crippen MR) is 147 cm³/mol. The molecule has 0 heterocycles. The van der Waals surface area contributed by atoms with Gasteiger partial charge in [-0.2, -0.15) is 8.42 Å². The van der Waals surface area contributed by atoms with Gasteiger partial charge in [0.1, 0.15) is 5.75 Å². The van der Waals surface area contributed by atoms with Crippen LogP contribution in [0.5, 0.6) is 5.75 Å². The van der Waals surface area contributed by atoms with Crippen molar-refractivity contribution < 1.29 is 26.5 Å². The first-order valence-corrected chi connectivity index (χ1v) is 17.3. The summed E-state index contributed by atoms with van der Waals surface area (Å²) in [6.07, 6.45) is 6.21. The molecule has 0 fully saturated rings. The topological polar surface area (TPSA) is 71.1 Å². The largest absolute Gasteiger partial charge is 0.497 e. The van der Waals surface area contributed by atoms with Crippen LogP contribution in [0.4, 0.5) is 0 Å². The van der Waals surface area contributed by atoms with E-state index in [0.717, 1.165) is 43.3 Å². The minimum atomic E-state index is -3.55. The second kappa shape index (κ2) is 14.5. The molecule has 0 bridgehead atoms. The molecule has 0 radical (unpaired) electrons. The van der Waals surface area contributed by atoms with Crippen LogP contribution in [0.15, 0.2) is 36.9 Å². The van der Waals surface area contributed by atoms with Gasteiger partial charge in [-0.05, 0) is 67.4 Å². The lowest BCUT2D eigenvalue weighted by Crippen LogP contribution is -2.41. The van der Waals surface area contributed by atoms with Crippen LogP contribution in [-0.4, -0.2) is 49.4 Å². The van der Waals surface area contributed by atoms with Crippen LogP contribution in [0.3, 0.4) is 0 Å². The zero-order valence-corrected chi connectivity index (χ0v) is 24.9. The van der Waals surface area contributed by atoms with Gasteiger partial charge in [-0.3, -0.25) is 4.18 Å². The highest BCUT2D eigenvalue weighted by atomic mass is 32.2. The first-order valence-electron chi connectivity index (χ1n) is 12.5. The van der Waals surface area contributed by atoms with Gasteiger partial charge in [0.15, 0.2) is 8.32 Å². The zero-order valence-electron chi connectivity index (χ0n) is 23.1. The summed E-state index contributed by atoms with van der Waals surface area (Å²) in [5, 5.41) is 0.148. The Balaban J connectivity index is 2.98. The standard InChI is InChI=1S/C27H48O6SSi/c1-10-11-13-22(2)26(31-20-23-15-17-25(30-6)18-16-23)24(21-32-34(7,28)29)14-12-19-33-35(8,9)27(3,4)5/h10,15-18,22,24,26H,1,11-14,19-21H2,2-9H3/t22-,24-,26+/m1/s1. The number of hydrogen-bond donors (Lipinski definition) is 0. The molecule has 1 aromatic rings. The van der Waals surface area contributed by atoms with Gasteiger partial charge in [-0.1, -0.05) is 45.9 Å². The highest BCUT2D eigenvalue weighted by molar-refractivity contribution is 7.85. The second-order valence-electron chi connectivity index (χ2n) is 11.0. The Morgan fingerprint density at radius 1 is 1.11 bits per heavy atom. The minimum Gasteiger partial charge on any atom is -0.497 e. The van der Waals surface area contributed by atoms with E-state index in [9.17, 15) is 8.42 Å². The molecule has 3 atom stereocenters. The average molecular weight is 529 g/mol. The molecule has 0 unspecified atom stereocenters. The van der Waals surface area contributed by atoms with E-state index in [0.29, 0.717) is 13.2 Å². The summed E-state index contributed by atoms with van der Waals surface area (Å²) in [4.78, 5) is 0. The van der Waals surface area contributed by atoms with Gasteiger partial charge >= 0.3 is 0 Å². The van der Waals surface area contributed by atoms with Crippen molar-refractivity contribution in [2.24, 2.45) is 11.8 Å². The summed E-state index contributed by atoms with van der Waals surface area (Å²) in [6.45, 7) is 18.4. The average Bonchev–Trinajstić information content (AvgIpc) is 2.77. The molecule has 0 aliphatic heterocycles. The number of benzene rings is 1. The maximum atomic E-state index is 11.8. The van der Waals surface area contributed by atoms with Gasteiger partial charge < -0.3 is 13.9 Å². The third-order valence-corrected chi connectivity index (χ3v) is 12.0. The fourth-order valence-corrected chi connectivity index (χ4v) is 5.18. The van der Waals surface area contributed by atoms with E-state index in [1.54, 1.807) is 7.11 Å². The smallest absolute Gasteiger partial charge is 0.264 e. The lowest BCUT2D eigenvalue weighted by Gasteiger charge is -2.36. The van der Waals surface area contributed by atoms with Crippen molar-refractivity contribution in [2.45, 2.75) is 84.2 Å². The Kier molecular flexibility index (Phi) is 13.2. The van der Waals surface area contributed by atoms with Crippen molar-refractivity contribution in [1.29, 1.82) is 0 Å². The molecule has 0 spiro atoms. The monoisotopic (exact) mass is 528 g/mol. The molecule has 1 aromatic carbocycles. The van der Waals surface area contributed by atoms with Gasteiger partial charge in [-0.25, -0.2) is 0 Å². The zero-order chi connectivity index (χ0) is 26.7. The first kappa shape index (κ1) is 31.8. The fraction of sp³-hybridized carbons (Fsp3) is 0.704. The van der Waals surface area contributed by atoms with Crippen LogP contribution in [0.2, 0.25) is 18.1 Å². The van der Waals surface area contributed by atoms with Gasteiger partial charge in [-0.15, -0.1) is 6.58 Å². The third-order valence-electron chi connectivity index (χ3n) is 6.94. The van der Waals surface area contributed by atoms with E-state index in [4.69, 9.17) is 18.1 Å². The molecule has 202 valence electrons. The SMILES string of the molecule is C=CCC[C@@H](C)[C@H](OCc1ccc(OC)cc1)[C@H](CCCO[Si](C)(C)C(C)(C)C)COS(C)(=O)=O. The normalized spacial score (nSPS) is 15.4. The molecule has 0 saturated carbocycles. The molecule has 0 amide bonds. The molecule has 35 heavy (non-hydrogen) atoms. The van der Waals surface area contributed by atoms with E-state index < -0.39 is 18.4 Å². The van der Waals surface area contributed by atoms with E-state index >= 15 is 0 Å². The highest BCUT2D eigenvalue weighted by Crippen LogP contribution is 2.37. The summed E-state index contributed by atoms with van der Waals surface area (Å²) in [5.74, 6) is 0.928. The Labute approximate surface area is 215 Å². The number of ether oxygens (including phenoxy) is 2. The van der Waals surface area contributed by atoms with Gasteiger partial charge in [0, 0.05) is 12.5 Å². The molecule has 0 saturated heterocycles. The highest BCUT2D eigenvalue weighted by Gasteiger charge is 2.37. The predicted octanol–water partition coefficient (Wildman–Crippen LogP) is 6.58. The molecule has 0 aliphatic carbocycles. The lowest BCUT2D eigenvalue weighted by atomic mass is 9.86. The van der Waals surface area contributed by atoms with Crippen molar-refractivity contribution in [1.82, 2.24) is 0 Å². The third kappa shape index (κ3) is 12.1. The van der Waals surface area contributed by atoms with Crippen LogP contribution in [0, 0.1) is 11.8 Å². The number of methoxy groups -OCH3 is 1. The quantitative estimate of drug-likeness (QED) is 0.0985. The van der Waals surface area contributed by atoms with Gasteiger partial charge in [0.05, 0.1) is 32.7 Å². The summed E-state index contributed by atoms with van der Waals surface area (Å²) in [5.41, 5.74) is 1.04. The maximum Gasteiger partial charge on any atom is 0.264 e. The first-order chi connectivity index (χ1) is 16.2. The second-order valence-corrected chi connectivity index (χ2v) is 17.4. The summed E-state index contributed by atoms with van der Waals surface area (Å²) >= 11 is 0. The molecule has 0 aromatic heterocycles. The van der Waals surface area contributed by atoms with Gasteiger partial charge in [0.2, 0.25) is 0 Å². The fourth-order valence-electron chi connectivity index (χ4n) is 3.67. The molecule has 0 aliphatic rings. The van der Waals surface area contributed by atoms with E-state index in [2.05, 4.69) is 47.4 Å². The van der Waals surface area contributed by atoms with Crippen molar-refractivity contribution in [3.8, 4) is 5.75 Å². The summed E-state index contributed by atoms with van der Waals surface area (Å²) in [7, 11) is -3.75. The van der Waals surface area contributed by atoms with Crippen molar-refractivity contribution >= 4 is 18.4 Å². The Hall–Kier alpha value is -1.19. The Bertz CT molecular complexity index is 845. The molecular formula is C27H48O6SSi. The Morgan fingerprint density at radius 2 is 1.74 bits per heavy atom. The molecule has 0 N–H and O–H groups in total. The summed E-state index contributed by atoms with van der Waals surface area (Å²) in [6, 6.07) is 7.80. The van der Waals surface area contributed by atoms with Crippen LogP contribution < -0.4 is 4.74 Å². The molecule has 6 nitrogen and oxygen atoms in total. The number of hydrogen-bond acceptors (Lipinski definition) is 6. The number of allylic oxidation sites excluding steroid dienone is 1. The molecule has 1 rings (SSSR count). The van der Waals surface area contributed by atoms with Crippen molar-refractivity contribution in [2.75, 3.05) is 26.6 Å². The van der Waals surface area contributed by atoms with E-state index in [1.165, 1.54) is 0 Å². The van der Waals surface area contributed by atoms with E-state index in [1.807, 2.05) is 30.3 Å². The van der Waals surface area contributed by atoms with Gasteiger partial charge in [0.25, 0.3) is 10.1 Å². The van der Waals surface area contributed by atoms with Crippen LogP contribution in [0.1, 0.15) is 58.9 Å². The van der Waals surface area contributed by atoms with Crippen LogP contribution >= 0.6 is 0 Å². The van der Waals surface area contributed by atoms with Crippen molar-refractivity contribution in [3.05, 3.63) is 42.5 Å². The molecular weight excluding hydrogens is 480 g/mol.